The van der Waals surface area contributed by atoms with Gasteiger partial charge in [0.2, 0.25) is 0 Å². The van der Waals surface area contributed by atoms with Crippen LogP contribution in [0.15, 0.2) is 176 Å². The highest BCUT2D eigenvalue weighted by atomic mass is 15.1. The largest absolute Gasteiger partial charge is 0.309 e. The van der Waals surface area contributed by atoms with Crippen LogP contribution in [0.25, 0.3) is 99.3 Å². The number of nitrogens with zero attached hydrogens (tertiary/aromatic N) is 5. The van der Waals surface area contributed by atoms with Gasteiger partial charge in [-0.3, -0.25) is 4.57 Å². The molecule has 0 amide bonds. The lowest BCUT2D eigenvalue weighted by atomic mass is 10.0. The number of nitriles is 1. The third-order valence-corrected chi connectivity index (χ3v) is 10.7. The topological polar surface area (TPSA) is 59.4 Å². The van der Waals surface area contributed by atoms with Gasteiger partial charge in [0.25, 0.3) is 0 Å². The summed E-state index contributed by atoms with van der Waals surface area (Å²) in [6.07, 6.45) is 0. The summed E-state index contributed by atoms with van der Waals surface area (Å²) in [6.45, 7) is 0. The normalized spacial score (nSPS) is 11.7. The average molecular weight is 688 g/mol. The van der Waals surface area contributed by atoms with E-state index in [0.717, 1.165) is 66.6 Å². The second kappa shape index (κ2) is 11.7. The molecular weight excluding hydrogens is 659 g/mol. The van der Waals surface area contributed by atoms with Gasteiger partial charge in [-0.25, -0.2) is 9.97 Å². The van der Waals surface area contributed by atoms with E-state index in [1.807, 2.05) is 24.3 Å². The van der Waals surface area contributed by atoms with Gasteiger partial charge in [0.15, 0.2) is 5.82 Å². The lowest BCUT2D eigenvalue weighted by Crippen LogP contribution is -2.03. The van der Waals surface area contributed by atoms with E-state index in [1.54, 1.807) is 0 Å². The maximum absolute atomic E-state index is 9.42. The first-order valence-electron chi connectivity index (χ1n) is 18.1. The van der Waals surface area contributed by atoms with E-state index in [9.17, 15) is 5.26 Å². The van der Waals surface area contributed by atoms with Crippen LogP contribution in [-0.4, -0.2) is 19.1 Å². The molecule has 0 aliphatic rings. The standard InChI is InChI=1S/C49H29N5/c50-30-31-18-20-32(21-19-31)35-22-24-40-43(28-35)51-48(36-23-25-46-41(27-36)38-14-6-8-16-44(38)53(46)37-12-2-1-3-13-37)52-49(40)54-45-17-9-7-15-39(45)42-26-33-10-4-5-11-34(33)29-47(42)54/h1-29H. The van der Waals surface area contributed by atoms with Crippen LogP contribution in [0, 0.1) is 11.3 Å². The highest BCUT2D eigenvalue weighted by molar-refractivity contribution is 6.14. The minimum atomic E-state index is 0.634. The first-order valence-corrected chi connectivity index (χ1v) is 18.1. The fourth-order valence-electron chi connectivity index (χ4n) is 8.18. The van der Waals surface area contributed by atoms with Crippen LogP contribution < -0.4 is 0 Å². The quantitative estimate of drug-likeness (QED) is 0.185. The first-order chi connectivity index (χ1) is 26.7. The van der Waals surface area contributed by atoms with Gasteiger partial charge in [0.1, 0.15) is 5.82 Å². The van der Waals surface area contributed by atoms with Crippen LogP contribution in [0.2, 0.25) is 0 Å². The molecule has 54 heavy (non-hydrogen) atoms. The fraction of sp³-hybridized carbons (Fsp3) is 0. The van der Waals surface area contributed by atoms with E-state index in [1.165, 1.54) is 26.9 Å². The lowest BCUT2D eigenvalue weighted by molar-refractivity contribution is 1.08. The third kappa shape index (κ3) is 4.57. The molecule has 0 saturated carbocycles. The molecular formula is C49H29N5. The van der Waals surface area contributed by atoms with Crippen molar-refractivity contribution in [2.24, 2.45) is 0 Å². The average Bonchev–Trinajstić information content (AvgIpc) is 3.74. The van der Waals surface area contributed by atoms with Gasteiger partial charge < -0.3 is 4.57 Å². The third-order valence-electron chi connectivity index (χ3n) is 10.7. The Morgan fingerprint density at radius 3 is 1.78 bits per heavy atom. The molecule has 0 saturated heterocycles. The fourth-order valence-corrected chi connectivity index (χ4v) is 8.18. The summed E-state index contributed by atoms with van der Waals surface area (Å²) in [5.74, 6) is 1.48. The van der Waals surface area contributed by atoms with Crippen LogP contribution in [0.5, 0.6) is 0 Å². The molecule has 0 unspecified atom stereocenters. The summed E-state index contributed by atoms with van der Waals surface area (Å²) in [6, 6.07) is 63.8. The monoisotopic (exact) mass is 687 g/mol. The van der Waals surface area contributed by atoms with Crippen molar-refractivity contribution in [3.63, 3.8) is 0 Å². The molecule has 0 spiro atoms. The minimum absolute atomic E-state index is 0.634. The van der Waals surface area contributed by atoms with E-state index >= 15 is 0 Å². The molecule has 0 N–H and O–H groups in total. The Labute approximate surface area is 310 Å². The van der Waals surface area contributed by atoms with E-state index < -0.39 is 0 Å². The van der Waals surface area contributed by atoms with Crippen molar-refractivity contribution in [3.8, 4) is 40.1 Å². The van der Waals surface area contributed by atoms with E-state index in [2.05, 4.69) is 167 Å². The van der Waals surface area contributed by atoms with Crippen LogP contribution >= 0.6 is 0 Å². The van der Waals surface area contributed by atoms with Gasteiger partial charge in [0.05, 0.1) is 39.2 Å². The molecule has 0 aliphatic carbocycles. The van der Waals surface area contributed by atoms with Crippen molar-refractivity contribution in [1.29, 1.82) is 5.26 Å². The molecule has 0 aliphatic heterocycles. The molecule has 11 aromatic rings. The molecule has 3 heterocycles. The maximum Gasteiger partial charge on any atom is 0.162 e. The number of benzene rings is 8. The van der Waals surface area contributed by atoms with E-state index in [0.29, 0.717) is 11.4 Å². The highest BCUT2D eigenvalue weighted by Gasteiger charge is 2.20. The van der Waals surface area contributed by atoms with Crippen molar-refractivity contribution in [1.82, 2.24) is 19.1 Å². The van der Waals surface area contributed by atoms with Crippen molar-refractivity contribution >= 4 is 65.3 Å². The summed E-state index contributed by atoms with van der Waals surface area (Å²) < 4.78 is 4.64. The Kier molecular flexibility index (Phi) is 6.55. The van der Waals surface area contributed by atoms with Crippen molar-refractivity contribution in [2.45, 2.75) is 0 Å². The second-order valence-corrected chi connectivity index (χ2v) is 13.8. The Morgan fingerprint density at radius 1 is 0.407 bits per heavy atom. The molecule has 5 nitrogen and oxygen atoms in total. The molecule has 11 rings (SSSR count). The Bertz CT molecular complexity index is 3330. The van der Waals surface area contributed by atoms with Gasteiger partial charge in [-0.05, 0) is 101 Å². The van der Waals surface area contributed by atoms with E-state index in [4.69, 9.17) is 9.97 Å². The first kappa shape index (κ1) is 30.1. The number of hydrogen-bond acceptors (Lipinski definition) is 3. The minimum Gasteiger partial charge on any atom is -0.309 e. The number of aromatic nitrogens is 4. The zero-order valence-corrected chi connectivity index (χ0v) is 29.0. The van der Waals surface area contributed by atoms with Gasteiger partial charge in [-0.15, -0.1) is 0 Å². The number of hydrogen-bond donors (Lipinski definition) is 0. The van der Waals surface area contributed by atoms with Gasteiger partial charge >= 0.3 is 0 Å². The summed E-state index contributed by atoms with van der Waals surface area (Å²) >= 11 is 0. The Hall–Kier alpha value is -7.55. The summed E-state index contributed by atoms with van der Waals surface area (Å²) in [4.78, 5) is 10.8. The van der Waals surface area contributed by atoms with Gasteiger partial charge in [-0.2, -0.15) is 5.26 Å². The van der Waals surface area contributed by atoms with Gasteiger partial charge in [0, 0.05) is 38.2 Å². The smallest absolute Gasteiger partial charge is 0.162 e. The number of para-hydroxylation sites is 3. The van der Waals surface area contributed by atoms with Crippen LogP contribution in [0.4, 0.5) is 0 Å². The van der Waals surface area contributed by atoms with Gasteiger partial charge in [-0.1, -0.05) is 97.1 Å². The van der Waals surface area contributed by atoms with Crippen molar-refractivity contribution in [3.05, 3.63) is 181 Å². The zero-order chi connectivity index (χ0) is 35.8. The lowest BCUT2D eigenvalue weighted by Gasteiger charge is -2.14. The number of fused-ring (bicyclic) bond motifs is 8. The van der Waals surface area contributed by atoms with Crippen molar-refractivity contribution < 1.29 is 0 Å². The van der Waals surface area contributed by atoms with Crippen LogP contribution in [0.1, 0.15) is 5.56 Å². The predicted molar refractivity (Wildman–Crippen MR) is 221 cm³/mol. The van der Waals surface area contributed by atoms with E-state index in [-0.39, 0.29) is 0 Å². The molecule has 5 heteroatoms. The molecule has 0 fully saturated rings. The predicted octanol–water partition coefficient (Wildman–Crippen LogP) is 12.2. The summed E-state index contributed by atoms with van der Waals surface area (Å²) in [5.41, 5.74) is 10.1. The molecule has 0 bridgehead atoms. The molecule has 3 aromatic heterocycles. The Balaban J connectivity index is 1.21. The summed E-state index contributed by atoms with van der Waals surface area (Å²) in [7, 11) is 0. The van der Waals surface area contributed by atoms with Crippen molar-refractivity contribution in [2.75, 3.05) is 0 Å². The SMILES string of the molecule is N#Cc1ccc(-c2ccc3c(-n4c5ccccc5c5cc6ccccc6cc54)nc(-c4ccc5c(c4)c4ccccc4n5-c4ccccc4)nc3c2)cc1. The highest BCUT2D eigenvalue weighted by Crippen LogP contribution is 2.39. The number of rotatable bonds is 4. The Morgan fingerprint density at radius 2 is 1.02 bits per heavy atom. The molecule has 8 aromatic carbocycles. The zero-order valence-electron chi connectivity index (χ0n) is 29.0. The summed E-state index contributed by atoms with van der Waals surface area (Å²) in [5, 5.41) is 17.4. The molecule has 250 valence electrons. The molecule has 0 radical (unpaired) electrons. The van der Waals surface area contributed by atoms with Crippen LogP contribution in [0.3, 0.4) is 0 Å². The maximum atomic E-state index is 9.42. The van der Waals surface area contributed by atoms with Crippen LogP contribution in [-0.2, 0) is 0 Å². The second-order valence-electron chi connectivity index (χ2n) is 13.8. The molecule has 0 atom stereocenters.